The number of nitrogens with one attached hydrogen (secondary N) is 1. The van der Waals surface area contributed by atoms with Crippen molar-refractivity contribution >= 4 is 23.5 Å². The van der Waals surface area contributed by atoms with E-state index < -0.39 is 65.7 Å². The maximum absolute atomic E-state index is 14.4. The minimum absolute atomic E-state index is 0.137. The zero-order chi connectivity index (χ0) is 23.1. The van der Waals surface area contributed by atoms with Gasteiger partial charge in [0.15, 0.2) is 0 Å². The SMILES string of the molecule is Cc1cn([C@H]2C[C@H](F)[C@@H]([C@@H](C)OP(=O)(O)OP(=O)(O)OP(=O)(O)O)O2)c(=O)[nH]c1=O. The molecule has 5 N–H and O–H groups in total. The molecule has 19 heteroatoms. The van der Waals surface area contributed by atoms with Crippen LogP contribution in [0.15, 0.2) is 15.8 Å². The molecule has 1 saturated heterocycles. The van der Waals surface area contributed by atoms with Gasteiger partial charge in [-0.05, 0) is 13.8 Å². The van der Waals surface area contributed by atoms with E-state index >= 15 is 0 Å². The summed E-state index contributed by atoms with van der Waals surface area (Å²) in [6.07, 6.45) is -5.47. The van der Waals surface area contributed by atoms with Crippen molar-refractivity contribution < 1.29 is 55.5 Å². The number of ether oxygens (including phenoxy) is 1. The highest BCUT2D eigenvalue weighted by Gasteiger charge is 2.46. The fourth-order valence-corrected chi connectivity index (χ4v) is 5.80. The third-order valence-electron chi connectivity index (χ3n) is 3.73. The smallest absolute Gasteiger partial charge is 0.349 e. The predicted molar refractivity (Wildman–Crippen MR) is 93.9 cm³/mol. The highest BCUT2D eigenvalue weighted by Crippen LogP contribution is 2.66. The first-order valence-corrected chi connectivity index (χ1v) is 12.5. The van der Waals surface area contributed by atoms with E-state index in [1.807, 2.05) is 4.98 Å². The topological polar surface area (TPSA) is 224 Å². The van der Waals surface area contributed by atoms with Gasteiger partial charge in [-0.3, -0.25) is 18.9 Å². The van der Waals surface area contributed by atoms with Gasteiger partial charge in [-0.15, -0.1) is 0 Å². The summed E-state index contributed by atoms with van der Waals surface area (Å²) in [5.74, 6) is 0. The molecule has 0 amide bonds. The summed E-state index contributed by atoms with van der Waals surface area (Å²) in [7, 11) is -16.8. The van der Waals surface area contributed by atoms with E-state index in [2.05, 4.69) is 13.1 Å². The lowest BCUT2D eigenvalue weighted by Crippen LogP contribution is -2.34. The first kappa shape index (κ1) is 25.2. The van der Waals surface area contributed by atoms with Crippen LogP contribution in [0.2, 0.25) is 0 Å². The number of nitrogens with zero attached hydrogens (tertiary/aromatic N) is 1. The van der Waals surface area contributed by atoms with Crippen LogP contribution >= 0.6 is 23.5 Å². The van der Waals surface area contributed by atoms with Crippen molar-refractivity contribution in [3.63, 3.8) is 0 Å². The average Bonchev–Trinajstić information content (AvgIpc) is 2.88. The number of aromatic amines is 1. The van der Waals surface area contributed by atoms with Gasteiger partial charge < -0.3 is 24.3 Å². The van der Waals surface area contributed by atoms with Crippen LogP contribution in [0.1, 0.15) is 25.1 Å². The summed E-state index contributed by atoms with van der Waals surface area (Å²) in [5.41, 5.74) is -1.40. The first-order valence-electron chi connectivity index (χ1n) is 7.93. The van der Waals surface area contributed by atoms with Crippen LogP contribution in [-0.2, 0) is 31.6 Å². The summed E-state index contributed by atoms with van der Waals surface area (Å²) in [4.78, 5) is 60.9. The lowest BCUT2D eigenvalue weighted by atomic mass is 10.1. The molecule has 2 rings (SSSR count). The van der Waals surface area contributed by atoms with Crippen LogP contribution in [0.25, 0.3) is 0 Å². The molecule has 2 heterocycles. The number of rotatable bonds is 8. The van der Waals surface area contributed by atoms with Crippen LogP contribution in [0.5, 0.6) is 0 Å². The van der Waals surface area contributed by atoms with Crippen LogP contribution in [-0.4, -0.2) is 47.5 Å². The number of phosphoric ester groups is 1. The third kappa shape index (κ3) is 6.74. The van der Waals surface area contributed by atoms with E-state index in [1.165, 1.54) is 6.92 Å². The van der Waals surface area contributed by atoms with Gasteiger partial charge in [0, 0.05) is 18.2 Å². The molecule has 1 aliphatic rings. The molecule has 1 aliphatic heterocycles. The summed E-state index contributed by atoms with van der Waals surface area (Å²) >= 11 is 0. The molecule has 6 atom stereocenters. The lowest BCUT2D eigenvalue weighted by molar-refractivity contribution is -0.0647. The Morgan fingerprint density at radius 2 is 1.80 bits per heavy atom. The number of alkyl halides is 1. The van der Waals surface area contributed by atoms with Gasteiger partial charge in [0.25, 0.3) is 5.56 Å². The molecule has 0 radical (unpaired) electrons. The average molecular weight is 498 g/mol. The molecule has 0 aliphatic carbocycles. The Labute approximate surface area is 166 Å². The first-order chi connectivity index (χ1) is 13.5. The quantitative estimate of drug-likeness (QED) is 0.303. The van der Waals surface area contributed by atoms with Crippen molar-refractivity contribution in [2.75, 3.05) is 0 Å². The molecule has 2 unspecified atom stereocenters. The number of aromatic nitrogens is 2. The largest absolute Gasteiger partial charge is 0.490 e. The standard InChI is InChI=1S/C11H18FN2O13P3/c1-5-4-14(11(16)13-10(5)15)8-3-7(12)9(24-8)6(2)25-29(20,21)27-30(22,23)26-28(17,18)19/h4,6-9H,3H2,1-2H3,(H,20,21)(H,22,23)(H,13,15,16)(H2,17,18,19)/t6-,7+,8-,9-/m1/s1. The number of hydrogen-bond donors (Lipinski definition) is 5. The second-order valence-electron chi connectivity index (χ2n) is 6.19. The highest BCUT2D eigenvalue weighted by molar-refractivity contribution is 7.66. The molecule has 30 heavy (non-hydrogen) atoms. The summed E-state index contributed by atoms with van der Waals surface area (Å²) in [6, 6.07) is 0. The highest BCUT2D eigenvalue weighted by atomic mass is 31.3. The Kier molecular flexibility index (Phi) is 7.44. The minimum Gasteiger partial charge on any atom is -0.349 e. The van der Waals surface area contributed by atoms with Crippen molar-refractivity contribution in [1.82, 2.24) is 9.55 Å². The molecular formula is C11H18FN2O13P3. The molecule has 1 aromatic heterocycles. The Hall–Kier alpha value is -1.02. The van der Waals surface area contributed by atoms with Gasteiger partial charge in [0.05, 0.1) is 6.10 Å². The van der Waals surface area contributed by atoms with E-state index in [9.17, 15) is 32.6 Å². The predicted octanol–water partition coefficient (Wildman–Crippen LogP) is 0.202. The van der Waals surface area contributed by atoms with Gasteiger partial charge in [-0.2, -0.15) is 8.62 Å². The van der Waals surface area contributed by atoms with Crippen LogP contribution < -0.4 is 11.2 Å². The number of phosphoric acid groups is 3. The lowest BCUT2D eigenvalue weighted by Gasteiger charge is -2.24. The molecule has 1 fully saturated rings. The van der Waals surface area contributed by atoms with E-state index in [1.54, 1.807) is 0 Å². The molecule has 0 bridgehead atoms. The van der Waals surface area contributed by atoms with Gasteiger partial charge >= 0.3 is 29.2 Å². The normalized spacial score (nSPS) is 27.4. The van der Waals surface area contributed by atoms with E-state index in [0.29, 0.717) is 0 Å². The van der Waals surface area contributed by atoms with Gasteiger partial charge in [-0.1, -0.05) is 0 Å². The van der Waals surface area contributed by atoms with Crippen molar-refractivity contribution in [2.24, 2.45) is 0 Å². The second kappa shape index (κ2) is 8.85. The Bertz CT molecular complexity index is 1050. The van der Waals surface area contributed by atoms with Crippen molar-refractivity contribution in [3.8, 4) is 0 Å². The van der Waals surface area contributed by atoms with Gasteiger partial charge in [0.2, 0.25) is 0 Å². The van der Waals surface area contributed by atoms with E-state index in [0.717, 1.165) is 17.7 Å². The Morgan fingerprint density at radius 1 is 1.20 bits per heavy atom. The molecular weight excluding hydrogens is 480 g/mol. The Morgan fingerprint density at radius 3 is 2.37 bits per heavy atom. The molecule has 1 aromatic rings. The van der Waals surface area contributed by atoms with Crippen LogP contribution in [0.3, 0.4) is 0 Å². The third-order valence-corrected chi connectivity index (χ3v) is 7.66. The monoisotopic (exact) mass is 498 g/mol. The molecule has 15 nitrogen and oxygen atoms in total. The zero-order valence-corrected chi connectivity index (χ0v) is 17.9. The van der Waals surface area contributed by atoms with Gasteiger partial charge in [0.1, 0.15) is 18.5 Å². The summed E-state index contributed by atoms with van der Waals surface area (Å²) in [6.45, 7) is 2.44. The second-order valence-corrected chi connectivity index (χ2v) is 10.6. The van der Waals surface area contributed by atoms with Gasteiger partial charge in [-0.25, -0.2) is 22.9 Å². The van der Waals surface area contributed by atoms with E-state index in [-0.39, 0.29) is 5.56 Å². The fourth-order valence-electron chi connectivity index (χ4n) is 2.60. The van der Waals surface area contributed by atoms with Crippen molar-refractivity contribution in [1.29, 1.82) is 0 Å². The summed E-state index contributed by atoms with van der Waals surface area (Å²) < 4.78 is 66.0. The zero-order valence-electron chi connectivity index (χ0n) is 15.2. The summed E-state index contributed by atoms with van der Waals surface area (Å²) in [5, 5.41) is 0. The maximum Gasteiger partial charge on any atom is 0.490 e. The minimum atomic E-state index is -5.73. The fraction of sp³-hybridized carbons (Fsp3) is 0.636. The molecule has 172 valence electrons. The van der Waals surface area contributed by atoms with Crippen LogP contribution in [0, 0.1) is 6.92 Å². The molecule has 0 spiro atoms. The maximum atomic E-state index is 14.4. The number of H-pyrrole nitrogens is 1. The van der Waals surface area contributed by atoms with E-state index in [4.69, 9.17) is 19.4 Å². The van der Waals surface area contributed by atoms with Crippen molar-refractivity contribution in [3.05, 3.63) is 32.6 Å². The molecule has 0 aromatic carbocycles. The number of hydrogen-bond acceptors (Lipinski definition) is 9. The number of aryl methyl sites for hydroxylation is 1. The Balaban J connectivity index is 2.11. The van der Waals surface area contributed by atoms with Crippen molar-refractivity contribution in [2.45, 2.75) is 44.9 Å². The van der Waals surface area contributed by atoms with Crippen LogP contribution in [0.4, 0.5) is 4.39 Å². The number of halogens is 1. The molecule has 0 saturated carbocycles.